The fourth-order valence-corrected chi connectivity index (χ4v) is 2.52. The van der Waals surface area contributed by atoms with Gasteiger partial charge in [0.05, 0.1) is 20.6 Å². The first-order valence-corrected chi connectivity index (χ1v) is 8.07. The van der Waals surface area contributed by atoms with Crippen molar-refractivity contribution in [2.75, 3.05) is 21.3 Å². The Morgan fingerprint density at radius 3 is 2.12 bits per heavy atom. The van der Waals surface area contributed by atoms with E-state index in [4.69, 9.17) is 18.9 Å². The molecular weight excluding hydrogens is 336 g/mol. The molecule has 6 nitrogen and oxygen atoms in total. The lowest BCUT2D eigenvalue weighted by Gasteiger charge is -2.24. The summed E-state index contributed by atoms with van der Waals surface area (Å²) < 4.78 is 20.7. The summed E-state index contributed by atoms with van der Waals surface area (Å²) in [7, 11) is 4.26. The first-order valence-electron chi connectivity index (χ1n) is 8.07. The lowest BCUT2D eigenvalue weighted by atomic mass is 10.0. The van der Waals surface area contributed by atoms with Crippen LogP contribution in [0.5, 0.6) is 5.75 Å². The van der Waals surface area contributed by atoms with Crippen molar-refractivity contribution in [3.63, 3.8) is 0 Å². The molecule has 0 aliphatic carbocycles. The van der Waals surface area contributed by atoms with Crippen LogP contribution >= 0.6 is 0 Å². The lowest BCUT2D eigenvalue weighted by molar-refractivity contribution is -0.175. The van der Waals surface area contributed by atoms with Gasteiger partial charge in [0.1, 0.15) is 11.9 Å². The van der Waals surface area contributed by atoms with Crippen LogP contribution in [0.25, 0.3) is 0 Å². The van der Waals surface area contributed by atoms with Crippen LogP contribution in [-0.2, 0) is 30.2 Å². The third kappa shape index (κ3) is 5.07. The highest BCUT2D eigenvalue weighted by molar-refractivity contribution is 5.81. The number of benzene rings is 2. The van der Waals surface area contributed by atoms with Crippen molar-refractivity contribution < 1.29 is 28.5 Å². The zero-order chi connectivity index (χ0) is 18.9. The van der Waals surface area contributed by atoms with Crippen LogP contribution < -0.4 is 4.74 Å². The van der Waals surface area contributed by atoms with E-state index < -0.39 is 24.1 Å². The van der Waals surface area contributed by atoms with Crippen LogP contribution in [0.3, 0.4) is 0 Å². The molecular formula is C20H22O6. The second-order valence-electron chi connectivity index (χ2n) is 5.53. The van der Waals surface area contributed by atoms with E-state index in [0.717, 1.165) is 5.56 Å². The molecule has 0 aliphatic heterocycles. The number of ether oxygens (including phenoxy) is 4. The number of esters is 2. The molecule has 2 aromatic carbocycles. The van der Waals surface area contributed by atoms with Crippen molar-refractivity contribution in [2.24, 2.45) is 0 Å². The maximum Gasteiger partial charge on any atom is 0.350 e. The average molecular weight is 358 g/mol. The van der Waals surface area contributed by atoms with Crippen molar-refractivity contribution in [3.05, 3.63) is 65.7 Å². The Kier molecular flexibility index (Phi) is 7.17. The maximum atomic E-state index is 12.3. The van der Waals surface area contributed by atoms with Gasteiger partial charge in [0.15, 0.2) is 0 Å². The number of hydrogen-bond donors (Lipinski definition) is 0. The molecule has 2 atom stereocenters. The summed E-state index contributed by atoms with van der Waals surface area (Å²) in [6.07, 6.45) is -1.94. The molecule has 6 heteroatoms. The Labute approximate surface area is 152 Å². The average Bonchev–Trinajstić information content (AvgIpc) is 2.68. The van der Waals surface area contributed by atoms with Gasteiger partial charge in [-0.15, -0.1) is 0 Å². The monoisotopic (exact) mass is 358 g/mol. The van der Waals surface area contributed by atoms with Crippen LogP contribution in [0, 0.1) is 0 Å². The van der Waals surface area contributed by atoms with E-state index in [2.05, 4.69) is 0 Å². The molecule has 0 aliphatic rings. The summed E-state index contributed by atoms with van der Waals surface area (Å²) in [6.45, 7) is 0. The summed E-state index contributed by atoms with van der Waals surface area (Å²) in [4.78, 5) is 24.5. The Bertz CT molecular complexity index is 711. The Morgan fingerprint density at radius 2 is 1.58 bits per heavy atom. The summed E-state index contributed by atoms with van der Waals surface area (Å²) in [6, 6.07) is 16.1. The van der Waals surface area contributed by atoms with Gasteiger partial charge in [-0.25, -0.2) is 4.79 Å². The Hall–Kier alpha value is -2.86. The van der Waals surface area contributed by atoms with Crippen LogP contribution in [0.2, 0.25) is 0 Å². The number of rotatable bonds is 8. The standard InChI is InChI=1S/C20H22O6/c1-23-16-11-9-14(10-12-16)13-17(21)26-19(20(22)25-3)18(24-2)15-7-5-4-6-8-15/h4-12,18-19H,13H2,1-3H3. The smallest absolute Gasteiger partial charge is 0.350 e. The van der Waals surface area contributed by atoms with E-state index in [1.165, 1.54) is 14.2 Å². The fourth-order valence-electron chi connectivity index (χ4n) is 2.52. The van der Waals surface area contributed by atoms with Gasteiger partial charge in [-0.05, 0) is 23.3 Å². The molecule has 0 heterocycles. The third-order valence-electron chi connectivity index (χ3n) is 3.86. The van der Waals surface area contributed by atoms with Crippen LogP contribution in [0.4, 0.5) is 0 Å². The molecule has 0 amide bonds. The maximum absolute atomic E-state index is 12.3. The van der Waals surface area contributed by atoms with Crippen LogP contribution in [0.1, 0.15) is 17.2 Å². The van der Waals surface area contributed by atoms with E-state index in [1.807, 2.05) is 18.2 Å². The van der Waals surface area contributed by atoms with Gasteiger partial charge in [0.25, 0.3) is 0 Å². The first-order chi connectivity index (χ1) is 12.6. The number of carbonyl (C=O) groups is 2. The molecule has 2 unspecified atom stereocenters. The normalized spacial score (nSPS) is 12.7. The topological polar surface area (TPSA) is 71.1 Å². The summed E-state index contributed by atoms with van der Waals surface area (Å²) in [5.41, 5.74) is 1.45. The molecule has 0 radical (unpaired) electrons. The van der Waals surface area contributed by atoms with Gasteiger partial charge in [0, 0.05) is 7.11 Å². The predicted octanol–water partition coefficient (Wildman–Crippen LogP) is 2.71. The van der Waals surface area contributed by atoms with E-state index in [-0.39, 0.29) is 6.42 Å². The van der Waals surface area contributed by atoms with Gasteiger partial charge in [0.2, 0.25) is 6.10 Å². The minimum absolute atomic E-state index is 0.0166. The summed E-state index contributed by atoms with van der Waals surface area (Å²) >= 11 is 0. The highest BCUT2D eigenvalue weighted by Gasteiger charge is 2.34. The molecule has 0 spiro atoms. The van der Waals surface area contributed by atoms with E-state index in [0.29, 0.717) is 11.3 Å². The summed E-state index contributed by atoms with van der Waals surface area (Å²) in [5, 5.41) is 0. The van der Waals surface area contributed by atoms with Crippen molar-refractivity contribution in [3.8, 4) is 5.75 Å². The first kappa shape index (κ1) is 19.5. The van der Waals surface area contributed by atoms with Crippen molar-refractivity contribution in [2.45, 2.75) is 18.6 Å². The number of methoxy groups -OCH3 is 3. The molecule has 26 heavy (non-hydrogen) atoms. The van der Waals surface area contributed by atoms with Crippen LogP contribution in [-0.4, -0.2) is 39.4 Å². The summed E-state index contributed by atoms with van der Waals surface area (Å²) in [5.74, 6) is -0.537. The SMILES string of the molecule is COC(=O)C(OC(=O)Cc1ccc(OC)cc1)C(OC)c1ccccc1. The second kappa shape index (κ2) is 9.58. The van der Waals surface area contributed by atoms with E-state index >= 15 is 0 Å². The third-order valence-corrected chi connectivity index (χ3v) is 3.86. The van der Waals surface area contributed by atoms with Gasteiger partial charge in [-0.3, -0.25) is 4.79 Å². The molecule has 138 valence electrons. The van der Waals surface area contributed by atoms with Crippen molar-refractivity contribution >= 4 is 11.9 Å². The van der Waals surface area contributed by atoms with Gasteiger partial charge in [-0.2, -0.15) is 0 Å². The predicted molar refractivity (Wildman–Crippen MR) is 94.8 cm³/mol. The zero-order valence-electron chi connectivity index (χ0n) is 15.0. The minimum Gasteiger partial charge on any atom is -0.497 e. The molecule has 0 aromatic heterocycles. The molecule has 0 saturated heterocycles. The Balaban J connectivity index is 2.13. The molecule has 0 saturated carbocycles. The van der Waals surface area contributed by atoms with Gasteiger partial charge < -0.3 is 18.9 Å². The number of carbonyl (C=O) groups excluding carboxylic acids is 2. The Morgan fingerprint density at radius 1 is 0.923 bits per heavy atom. The largest absolute Gasteiger partial charge is 0.497 e. The van der Waals surface area contributed by atoms with Gasteiger partial charge in [-0.1, -0.05) is 42.5 Å². The lowest BCUT2D eigenvalue weighted by Crippen LogP contribution is -2.35. The molecule has 2 rings (SSSR count). The molecule has 0 bridgehead atoms. The number of hydrogen-bond acceptors (Lipinski definition) is 6. The highest BCUT2D eigenvalue weighted by atomic mass is 16.6. The molecule has 2 aromatic rings. The van der Waals surface area contributed by atoms with E-state index in [1.54, 1.807) is 43.5 Å². The van der Waals surface area contributed by atoms with Crippen molar-refractivity contribution in [1.82, 2.24) is 0 Å². The molecule has 0 fully saturated rings. The highest BCUT2D eigenvalue weighted by Crippen LogP contribution is 2.24. The molecule has 0 N–H and O–H groups in total. The quantitative estimate of drug-likeness (QED) is 0.676. The second-order valence-corrected chi connectivity index (χ2v) is 5.53. The van der Waals surface area contributed by atoms with E-state index in [9.17, 15) is 9.59 Å². The van der Waals surface area contributed by atoms with Gasteiger partial charge >= 0.3 is 11.9 Å². The van der Waals surface area contributed by atoms with Crippen molar-refractivity contribution in [1.29, 1.82) is 0 Å². The van der Waals surface area contributed by atoms with Crippen LogP contribution in [0.15, 0.2) is 54.6 Å². The zero-order valence-corrected chi connectivity index (χ0v) is 15.0. The minimum atomic E-state index is -1.20. The fraction of sp³-hybridized carbons (Fsp3) is 0.300.